The van der Waals surface area contributed by atoms with Gasteiger partial charge in [-0.1, -0.05) is 6.07 Å². The summed E-state index contributed by atoms with van der Waals surface area (Å²) in [4.78, 5) is 11.1. The van der Waals surface area contributed by atoms with Crippen LogP contribution in [0.1, 0.15) is 27.0 Å². The largest absolute Gasteiger partial charge is 0.488 e. The van der Waals surface area contributed by atoms with E-state index in [0.717, 1.165) is 11.1 Å². The second-order valence-corrected chi connectivity index (χ2v) is 4.88. The van der Waals surface area contributed by atoms with E-state index < -0.39 is 11.7 Å². The Kier molecular flexibility index (Phi) is 4.12. The zero-order valence-corrected chi connectivity index (χ0v) is 11.9. The minimum atomic E-state index is -0.604. The molecule has 4 N–H and O–H groups in total. The van der Waals surface area contributed by atoms with Gasteiger partial charge in [0.15, 0.2) is 0 Å². The third kappa shape index (κ3) is 3.13. The molecule has 0 aliphatic rings. The molecule has 5 heteroatoms. The summed E-state index contributed by atoms with van der Waals surface area (Å²) in [6.45, 7) is 3.73. The molecule has 21 heavy (non-hydrogen) atoms. The minimum absolute atomic E-state index is 0.00190. The molecule has 1 amide bonds. The molecule has 0 aliphatic heterocycles. The molecule has 2 aromatic rings. The maximum atomic E-state index is 13.8. The fraction of sp³-hybridized carbons (Fsp3) is 0.188. The smallest absolute Gasteiger partial charge is 0.248 e. The Balaban J connectivity index is 2.26. The van der Waals surface area contributed by atoms with E-state index in [9.17, 15) is 9.18 Å². The topological polar surface area (TPSA) is 78.3 Å². The number of hydrogen-bond donors (Lipinski definition) is 2. The second-order valence-electron chi connectivity index (χ2n) is 4.88. The van der Waals surface area contributed by atoms with E-state index in [2.05, 4.69) is 0 Å². The van der Waals surface area contributed by atoms with Crippen molar-refractivity contribution in [3.63, 3.8) is 0 Å². The number of benzene rings is 2. The van der Waals surface area contributed by atoms with Gasteiger partial charge in [0, 0.05) is 22.4 Å². The van der Waals surface area contributed by atoms with E-state index in [0.29, 0.717) is 11.4 Å². The monoisotopic (exact) mass is 288 g/mol. The highest BCUT2D eigenvalue weighted by Crippen LogP contribution is 2.28. The standard InChI is InChI=1S/C16H17FN2O2/c1-9-3-6-14(18)10(2)15(9)21-8-12-7-11(16(19)20)4-5-13(12)17/h3-7H,8,18H2,1-2H3,(H2,19,20). The van der Waals surface area contributed by atoms with Crippen molar-refractivity contribution in [2.45, 2.75) is 20.5 Å². The molecule has 0 saturated carbocycles. The number of primary amides is 1. The molecule has 0 heterocycles. The van der Waals surface area contributed by atoms with Crippen molar-refractivity contribution in [2.24, 2.45) is 5.73 Å². The first-order valence-electron chi connectivity index (χ1n) is 6.47. The molecule has 4 nitrogen and oxygen atoms in total. The Morgan fingerprint density at radius 2 is 1.95 bits per heavy atom. The molecule has 110 valence electrons. The van der Waals surface area contributed by atoms with Crippen LogP contribution in [-0.2, 0) is 6.61 Å². The number of carbonyl (C=O) groups is 1. The van der Waals surface area contributed by atoms with Gasteiger partial charge >= 0.3 is 0 Å². The van der Waals surface area contributed by atoms with Crippen molar-refractivity contribution in [3.8, 4) is 5.75 Å². The average Bonchev–Trinajstić information content (AvgIpc) is 2.44. The summed E-state index contributed by atoms with van der Waals surface area (Å²) in [5.74, 6) is -0.425. The summed E-state index contributed by atoms with van der Waals surface area (Å²) in [6.07, 6.45) is 0. The van der Waals surface area contributed by atoms with Gasteiger partial charge in [0.1, 0.15) is 18.2 Å². The van der Waals surface area contributed by atoms with Crippen LogP contribution in [0.4, 0.5) is 10.1 Å². The Morgan fingerprint density at radius 1 is 1.24 bits per heavy atom. The van der Waals surface area contributed by atoms with Crippen molar-refractivity contribution < 1.29 is 13.9 Å². The molecule has 0 aromatic heterocycles. The molecule has 0 atom stereocenters. The Hall–Kier alpha value is -2.56. The van der Waals surface area contributed by atoms with Gasteiger partial charge in [0.2, 0.25) is 5.91 Å². The molecule has 0 saturated heterocycles. The van der Waals surface area contributed by atoms with E-state index in [-0.39, 0.29) is 17.7 Å². The lowest BCUT2D eigenvalue weighted by Crippen LogP contribution is -2.12. The van der Waals surface area contributed by atoms with Crippen LogP contribution in [0.3, 0.4) is 0 Å². The Morgan fingerprint density at radius 3 is 2.62 bits per heavy atom. The third-order valence-corrected chi connectivity index (χ3v) is 3.35. The quantitative estimate of drug-likeness (QED) is 0.849. The molecular weight excluding hydrogens is 271 g/mol. The highest BCUT2D eigenvalue weighted by atomic mass is 19.1. The molecule has 0 fully saturated rings. The van der Waals surface area contributed by atoms with Crippen LogP contribution in [0, 0.1) is 19.7 Å². The van der Waals surface area contributed by atoms with Gasteiger partial charge in [0.05, 0.1) is 0 Å². The molecule has 0 radical (unpaired) electrons. The maximum Gasteiger partial charge on any atom is 0.248 e. The number of aryl methyl sites for hydroxylation is 1. The average molecular weight is 288 g/mol. The minimum Gasteiger partial charge on any atom is -0.488 e. The lowest BCUT2D eigenvalue weighted by atomic mass is 10.1. The zero-order chi connectivity index (χ0) is 15.6. The number of nitrogen functional groups attached to an aromatic ring is 1. The maximum absolute atomic E-state index is 13.8. The Bertz CT molecular complexity index is 699. The molecule has 2 rings (SSSR count). The molecule has 0 bridgehead atoms. The summed E-state index contributed by atoms with van der Waals surface area (Å²) >= 11 is 0. The van der Waals surface area contributed by atoms with Crippen molar-refractivity contribution in [2.75, 3.05) is 5.73 Å². The summed E-state index contributed by atoms with van der Waals surface area (Å²) in [5, 5.41) is 0. The Labute approximate surface area is 122 Å². The molecule has 0 unspecified atom stereocenters. The van der Waals surface area contributed by atoms with Crippen LogP contribution in [0.25, 0.3) is 0 Å². The van der Waals surface area contributed by atoms with Gasteiger partial charge in [-0.3, -0.25) is 4.79 Å². The van der Waals surface area contributed by atoms with E-state index in [4.69, 9.17) is 16.2 Å². The number of amides is 1. The lowest BCUT2D eigenvalue weighted by molar-refractivity contribution is 0.1000. The predicted octanol–water partition coefficient (Wildman–Crippen LogP) is 2.70. The fourth-order valence-corrected chi connectivity index (χ4v) is 2.05. The first kappa shape index (κ1) is 14.8. The molecule has 0 aliphatic carbocycles. The van der Waals surface area contributed by atoms with Crippen LogP contribution in [-0.4, -0.2) is 5.91 Å². The number of carbonyl (C=O) groups excluding carboxylic acids is 1. The van der Waals surface area contributed by atoms with E-state index >= 15 is 0 Å². The summed E-state index contributed by atoms with van der Waals surface area (Å²) in [5.41, 5.74) is 13.9. The predicted molar refractivity (Wildman–Crippen MR) is 79.6 cm³/mol. The summed E-state index contributed by atoms with van der Waals surface area (Å²) < 4.78 is 19.4. The van der Waals surface area contributed by atoms with Gasteiger partial charge in [-0.2, -0.15) is 0 Å². The van der Waals surface area contributed by atoms with Crippen LogP contribution < -0.4 is 16.2 Å². The van der Waals surface area contributed by atoms with Crippen molar-refractivity contribution in [3.05, 3.63) is 58.4 Å². The highest BCUT2D eigenvalue weighted by molar-refractivity contribution is 5.92. The number of hydrogen-bond acceptors (Lipinski definition) is 3. The van der Waals surface area contributed by atoms with E-state index in [1.165, 1.54) is 18.2 Å². The molecule has 2 aromatic carbocycles. The van der Waals surface area contributed by atoms with Crippen molar-refractivity contribution in [1.29, 1.82) is 0 Å². The number of nitrogens with two attached hydrogens (primary N) is 2. The van der Waals surface area contributed by atoms with Crippen LogP contribution in [0.2, 0.25) is 0 Å². The van der Waals surface area contributed by atoms with Gasteiger partial charge in [0.25, 0.3) is 0 Å². The van der Waals surface area contributed by atoms with Crippen molar-refractivity contribution >= 4 is 11.6 Å². The first-order valence-corrected chi connectivity index (χ1v) is 6.47. The summed E-state index contributed by atoms with van der Waals surface area (Å²) in [7, 11) is 0. The lowest BCUT2D eigenvalue weighted by Gasteiger charge is -2.14. The van der Waals surface area contributed by atoms with E-state index in [1.54, 1.807) is 6.07 Å². The van der Waals surface area contributed by atoms with Gasteiger partial charge in [-0.15, -0.1) is 0 Å². The second kappa shape index (κ2) is 5.83. The van der Waals surface area contributed by atoms with Crippen LogP contribution >= 0.6 is 0 Å². The number of ether oxygens (including phenoxy) is 1. The fourth-order valence-electron chi connectivity index (χ4n) is 2.05. The third-order valence-electron chi connectivity index (χ3n) is 3.35. The number of rotatable bonds is 4. The number of anilines is 1. The van der Waals surface area contributed by atoms with Gasteiger partial charge < -0.3 is 16.2 Å². The van der Waals surface area contributed by atoms with Gasteiger partial charge in [-0.25, -0.2) is 4.39 Å². The highest BCUT2D eigenvalue weighted by Gasteiger charge is 2.11. The number of halogens is 1. The zero-order valence-electron chi connectivity index (χ0n) is 11.9. The molecular formula is C16H17FN2O2. The first-order chi connectivity index (χ1) is 9.90. The van der Waals surface area contributed by atoms with E-state index in [1.807, 2.05) is 19.9 Å². The molecule has 0 spiro atoms. The summed E-state index contributed by atoms with van der Waals surface area (Å²) in [6, 6.07) is 7.59. The SMILES string of the molecule is Cc1ccc(N)c(C)c1OCc1cc(C(N)=O)ccc1F. The normalized spacial score (nSPS) is 10.4. The van der Waals surface area contributed by atoms with Gasteiger partial charge in [-0.05, 0) is 43.7 Å². The van der Waals surface area contributed by atoms with Crippen LogP contribution in [0.5, 0.6) is 5.75 Å². The van der Waals surface area contributed by atoms with Crippen LogP contribution in [0.15, 0.2) is 30.3 Å². The van der Waals surface area contributed by atoms with Crippen molar-refractivity contribution in [1.82, 2.24) is 0 Å².